The van der Waals surface area contributed by atoms with E-state index < -0.39 is 0 Å². The zero-order valence-corrected chi connectivity index (χ0v) is 22.9. The van der Waals surface area contributed by atoms with Crippen LogP contribution in [0, 0.1) is 0 Å². The van der Waals surface area contributed by atoms with E-state index in [9.17, 15) is 0 Å². The van der Waals surface area contributed by atoms with Gasteiger partial charge in [0.15, 0.2) is 12.4 Å². The Morgan fingerprint density at radius 1 is 0.600 bits per heavy atom. The van der Waals surface area contributed by atoms with Crippen LogP contribution in [-0.2, 0) is 13.0 Å². The number of fused-ring (bicyclic) bond motifs is 3. The summed E-state index contributed by atoms with van der Waals surface area (Å²) in [6.07, 6.45) is 41.1. The van der Waals surface area contributed by atoms with E-state index in [0.29, 0.717) is 0 Å². The van der Waals surface area contributed by atoms with Gasteiger partial charge >= 0.3 is 0 Å². The Balaban J connectivity index is 1.36. The lowest BCUT2D eigenvalue weighted by molar-refractivity contribution is -0.697. The highest BCUT2D eigenvalue weighted by atomic mass is 15.1. The van der Waals surface area contributed by atoms with Crippen molar-refractivity contribution >= 4 is 0 Å². The summed E-state index contributed by atoms with van der Waals surface area (Å²) in [5.41, 5.74) is 3.09. The van der Waals surface area contributed by atoms with Crippen LogP contribution in [0.3, 0.4) is 0 Å². The molecule has 0 N–H and O–H groups in total. The molecule has 0 aromatic carbocycles. The van der Waals surface area contributed by atoms with Crippen LogP contribution in [0.2, 0.25) is 0 Å². The van der Waals surface area contributed by atoms with Gasteiger partial charge in [0.05, 0.1) is 0 Å². The van der Waals surface area contributed by atoms with Crippen LogP contribution < -0.4 is 4.57 Å². The van der Waals surface area contributed by atoms with Crippen LogP contribution in [0.25, 0.3) is 0 Å². The number of rotatable bonds is 0. The van der Waals surface area contributed by atoms with Crippen molar-refractivity contribution in [3.63, 3.8) is 0 Å². The second-order valence-corrected chi connectivity index (χ2v) is 11.3. The quantitative estimate of drug-likeness (QED) is 0.336. The van der Waals surface area contributed by atoms with E-state index >= 15 is 0 Å². The number of aromatic nitrogens is 1. The van der Waals surface area contributed by atoms with Gasteiger partial charge in [0, 0.05) is 37.3 Å². The highest BCUT2D eigenvalue weighted by Gasteiger charge is 2.06. The van der Waals surface area contributed by atoms with Gasteiger partial charge in [0.1, 0.15) is 6.54 Å². The zero-order chi connectivity index (χ0) is 24.2. The summed E-state index contributed by atoms with van der Waals surface area (Å²) in [7, 11) is 0. The first-order valence-electron chi connectivity index (χ1n) is 15.5. The highest BCUT2D eigenvalue weighted by molar-refractivity contribution is 5.22. The molecule has 196 valence electrons. The van der Waals surface area contributed by atoms with Crippen LogP contribution in [0.15, 0.2) is 48.5 Å². The van der Waals surface area contributed by atoms with Gasteiger partial charge in [-0.15, -0.1) is 0 Å². The van der Waals surface area contributed by atoms with Crippen LogP contribution in [0.4, 0.5) is 0 Å². The Bertz CT molecular complexity index is 720. The minimum absolute atomic E-state index is 1.12. The highest BCUT2D eigenvalue weighted by Crippen LogP contribution is 2.18. The van der Waals surface area contributed by atoms with Crippen molar-refractivity contribution < 1.29 is 4.57 Å². The zero-order valence-electron chi connectivity index (χ0n) is 22.9. The van der Waals surface area contributed by atoms with Gasteiger partial charge in [-0.05, 0) is 50.2 Å². The summed E-state index contributed by atoms with van der Waals surface area (Å²) in [6, 6.07) is 4.59. The van der Waals surface area contributed by atoms with Gasteiger partial charge < -0.3 is 4.90 Å². The molecule has 0 unspecified atom stereocenters. The molecule has 1 aromatic heterocycles. The van der Waals surface area contributed by atoms with Crippen LogP contribution in [0.5, 0.6) is 0 Å². The molecule has 2 aliphatic rings. The lowest BCUT2D eigenvalue weighted by atomic mass is 10.0. The fourth-order valence-corrected chi connectivity index (χ4v) is 5.76. The lowest BCUT2D eigenvalue weighted by Crippen LogP contribution is -2.33. The van der Waals surface area contributed by atoms with Gasteiger partial charge in [-0.25, -0.2) is 4.57 Å². The SMILES string of the molecule is C1=CC2=CN(C1)CCCCCCCCCCCCc1ccc[n+](c1)CCCCCCCCCCC2. The molecule has 0 aliphatic carbocycles. The molecule has 0 saturated carbocycles. The Morgan fingerprint density at radius 3 is 1.86 bits per heavy atom. The molecular formula is C33H55N2+. The molecule has 2 aliphatic heterocycles. The molecule has 3 rings (SSSR count). The minimum atomic E-state index is 1.12. The fraction of sp³-hybridized carbons (Fsp3) is 0.727. The number of allylic oxidation sites excluding steroid dienone is 2. The number of aryl methyl sites for hydroxylation is 2. The molecular weight excluding hydrogens is 424 g/mol. The number of nitrogens with zero attached hydrogens (tertiary/aromatic N) is 2. The molecule has 0 amide bonds. The third-order valence-electron chi connectivity index (χ3n) is 7.98. The van der Waals surface area contributed by atoms with Crippen molar-refractivity contribution in [1.29, 1.82) is 0 Å². The Morgan fingerprint density at radius 2 is 1.17 bits per heavy atom. The summed E-state index contributed by atoms with van der Waals surface area (Å²) < 4.78 is 2.43. The van der Waals surface area contributed by atoms with E-state index in [1.165, 1.54) is 153 Å². The topological polar surface area (TPSA) is 7.12 Å². The van der Waals surface area contributed by atoms with E-state index in [1.807, 2.05) is 0 Å². The summed E-state index contributed by atoms with van der Waals surface area (Å²) >= 11 is 0. The Hall–Kier alpha value is -1.57. The standard InChI is InChI=1S/C33H55N2/c1-2-6-10-14-18-26-34-28-21-25-33(31-34)23-17-13-9-5-3-7-11-15-19-27-35-29-20-24-32(30-35)22-16-12-8-4-1/h20-21,24-25,29-31H,1-19,22-23,26-28H2/q+1. The first kappa shape index (κ1) is 28.0. The first-order valence-corrected chi connectivity index (χ1v) is 15.5. The van der Waals surface area contributed by atoms with Crippen molar-refractivity contribution in [3.05, 3.63) is 54.0 Å². The smallest absolute Gasteiger partial charge is 0.171 e. The first-order chi connectivity index (χ1) is 17.4. The molecule has 2 heteroatoms. The van der Waals surface area contributed by atoms with E-state index in [1.54, 1.807) is 5.57 Å². The predicted molar refractivity (Wildman–Crippen MR) is 151 cm³/mol. The molecule has 2 nitrogen and oxygen atoms in total. The third-order valence-corrected chi connectivity index (χ3v) is 7.98. The molecule has 0 saturated heterocycles. The predicted octanol–water partition coefficient (Wildman–Crippen LogP) is 9.09. The van der Waals surface area contributed by atoms with Crippen molar-refractivity contribution in [2.24, 2.45) is 0 Å². The van der Waals surface area contributed by atoms with E-state index in [0.717, 1.165) is 6.54 Å². The molecule has 0 fully saturated rings. The largest absolute Gasteiger partial charge is 0.373 e. The average molecular weight is 480 g/mol. The van der Waals surface area contributed by atoms with Crippen LogP contribution in [0.1, 0.15) is 134 Å². The van der Waals surface area contributed by atoms with E-state index in [-0.39, 0.29) is 0 Å². The normalized spacial score (nSPS) is 21.8. The van der Waals surface area contributed by atoms with Gasteiger partial charge in [-0.2, -0.15) is 0 Å². The lowest BCUT2D eigenvalue weighted by Gasteiger charge is -2.23. The van der Waals surface area contributed by atoms with Crippen molar-refractivity contribution in [2.45, 2.75) is 141 Å². The second-order valence-electron chi connectivity index (χ2n) is 11.3. The van der Waals surface area contributed by atoms with Gasteiger partial charge in [0.2, 0.25) is 0 Å². The second kappa shape index (κ2) is 18.7. The third kappa shape index (κ3) is 13.3. The van der Waals surface area contributed by atoms with Crippen LogP contribution in [-0.4, -0.2) is 18.0 Å². The van der Waals surface area contributed by atoms with Crippen molar-refractivity contribution in [1.82, 2.24) is 4.90 Å². The minimum Gasteiger partial charge on any atom is -0.373 e. The molecule has 0 atom stereocenters. The number of hydrogen-bond donors (Lipinski definition) is 0. The maximum Gasteiger partial charge on any atom is 0.171 e. The van der Waals surface area contributed by atoms with E-state index in [2.05, 4.69) is 52.3 Å². The average Bonchev–Trinajstić information content (AvgIpc) is 2.88. The summed E-state index contributed by atoms with van der Waals surface area (Å²) in [4.78, 5) is 2.56. The fourth-order valence-electron chi connectivity index (χ4n) is 5.76. The van der Waals surface area contributed by atoms with Crippen LogP contribution >= 0.6 is 0 Å². The molecule has 0 radical (unpaired) electrons. The molecule has 3 heterocycles. The number of pyridine rings is 1. The van der Waals surface area contributed by atoms with E-state index in [4.69, 9.17) is 0 Å². The van der Waals surface area contributed by atoms with Gasteiger partial charge in [0.25, 0.3) is 0 Å². The summed E-state index contributed by atoms with van der Waals surface area (Å²) in [6.45, 7) is 3.55. The summed E-state index contributed by atoms with van der Waals surface area (Å²) in [5, 5.41) is 0. The molecule has 35 heavy (non-hydrogen) atoms. The van der Waals surface area contributed by atoms with Gasteiger partial charge in [-0.1, -0.05) is 102 Å². The Labute approximate surface area is 217 Å². The monoisotopic (exact) mass is 479 g/mol. The van der Waals surface area contributed by atoms with Gasteiger partial charge in [-0.3, -0.25) is 0 Å². The summed E-state index contributed by atoms with van der Waals surface area (Å²) in [5.74, 6) is 0. The molecule has 0 spiro atoms. The molecule has 4 bridgehead atoms. The maximum atomic E-state index is 2.56. The molecule has 1 aromatic rings. The number of hydrogen-bond acceptors (Lipinski definition) is 1. The van der Waals surface area contributed by atoms with Crippen molar-refractivity contribution in [2.75, 3.05) is 13.1 Å². The van der Waals surface area contributed by atoms with Crippen molar-refractivity contribution in [3.8, 4) is 0 Å². The Kier molecular flexibility index (Phi) is 14.9. The maximum absolute atomic E-state index is 2.56.